The van der Waals surface area contributed by atoms with Gasteiger partial charge in [-0.3, -0.25) is 0 Å². The van der Waals surface area contributed by atoms with Gasteiger partial charge in [-0.25, -0.2) is 0 Å². The highest BCUT2D eigenvalue weighted by atomic mass is 35.5. The lowest BCUT2D eigenvalue weighted by Gasteiger charge is -2.36. The fourth-order valence-electron chi connectivity index (χ4n) is 1.22. The molecule has 1 aliphatic heterocycles. The molecule has 0 atom stereocenters. The van der Waals surface area contributed by atoms with E-state index in [9.17, 15) is 0 Å². The summed E-state index contributed by atoms with van der Waals surface area (Å²) in [6.07, 6.45) is 0. The summed E-state index contributed by atoms with van der Waals surface area (Å²) in [4.78, 5) is 2.28. The van der Waals surface area contributed by atoms with Crippen molar-refractivity contribution in [2.45, 2.75) is 6.04 Å². The van der Waals surface area contributed by atoms with Gasteiger partial charge in [0.15, 0.2) is 0 Å². The number of rotatable bonds is 2. The molecule has 0 bridgehead atoms. The van der Waals surface area contributed by atoms with Gasteiger partial charge in [0.25, 0.3) is 0 Å². The molecule has 2 heterocycles. The molecule has 2 rings (SSSR count). The molecule has 1 aromatic heterocycles. The maximum atomic E-state index is 5.85. The molecule has 1 saturated heterocycles. The molecule has 1 N–H and O–H groups in total. The number of thiophene rings is 1. The van der Waals surface area contributed by atoms with Crippen LogP contribution in [0.25, 0.3) is 0 Å². The lowest BCUT2D eigenvalue weighted by atomic mass is 10.1. The SMILES string of the molecule is CN(c1ccc(Cl)s1)C1CNC1. The predicted molar refractivity (Wildman–Crippen MR) is 54.4 cm³/mol. The van der Waals surface area contributed by atoms with Gasteiger partial charge < -0.3 is 10.2 Å². The van der Waals surface area contributed by atoms with E-state index in [0.29, 0.717) is 6.04 Å². The van der Waals surface area contributed by atoms with E-state index in [1.807, 2.05) is 6.07 Å². The number of nitrogens with one attached hydrogen (secondary N) is 1. The van der Waals surface area contributed by atoms with E-state index in [-0.39, 0.29) is 0 Å². The molecule has 1 aliphatic rings. The van der Waals surface area contributed by atoms with Gasteiger partial charge in [0.05, 0.1) is 15.4 Å². The van der Waals surface area contributed by atoms with Crippen LogP contribution in [-0.4, -0.2) is 26.2 Å². The molecule has 0 aliphatic carbocycles. The van der Waals surface area contributed by atoms with E-state index in [0.717, 1.165) is 17.4 Å². The Kier molecular flexibility index (Phi) is 2.26. The quantitative estimate of drug-likeness (QED) is 0.787. The predicted octanol–water partition coefficient (Wildman–Crippen LogP) is 1.81. The summed E-state index contributed by atoms with van der Waals surface area (Å²) in [5.74, 6) is 0. The van der Waals surface area contributed by atoms with Gasteiger partial charge in [-0.05, 0) is 12.1 Å². The number of nitrogens with zero attached hydrogens (tertiary/aromatic N) is 1. The van der Waals surface area contributed by atoms with Crippen molar-refractivity contribution in [1.82, 2.24) is 5.32 Å². The highest BCUT2D eigenvalue weighted by molar-refractivity contribution is 7.19. The highest BCUT2D eigenvalue weighted by Gasteiger charge is 2.22. The average Bonchev–Trinajstić information content (AvgIpc) is 2.31. The minimum absolute atomic E-state index is 0.653. The molecule has 0 unspecified atom stereocenters. The number of anilines is 1. The Morgan fingerprint density at radius 3 is 2.75 bits per heavy atom. The molecule has 0 amide bonds. The Morgan fingerprint density at radius 2 is 2.33 bits per heavy atom. The second-order valence-corrected chi connectivity index (χ2v) is 4.69. The first-order chi connectivity index (χ1) is 5.77. The van der Waals surface area contributed by atoms with Crippen molar-refractivity contribution >= 4 is 27.9 Å². The molecule has 1 fully saturated rings. The molecule has 0 aromatic carbocycles. The second-order valence-electron chi connectivity index (χ2n) is 3.00. The monoisotopic (exact) mass is 202 g/mol. The Bertz CT molecular complexity index is 270. The third-order valence-corrected chi connectivity index (χ3v) is 3.54. The number of halogens is 1. The third-order valence-electron chi connectivity index (χ3n) is 2.21. The van der Waals surface area contributed by atoms with E-state index in [4.69, 9.17) is 11.6 Å². The zero-order chi connectivity index (χ0) is 8.55. The van der Waals surface area contributed by atoms with Gasteiger partial charge in [-0.1, -0.05) is 11.6 Å². The lowest BCUT2D eigenvalue weighted by molar-refractivity contribution is 0.430. The number of hydrogen-bond acceptors (Lipinski definition) is 3. The molecular weight excluding hydrogens is 192 g/mol. The third kappa shape index (κ3) is 1.44. The van der Waals surface area contributed by atoms with Crippen molar-refractivity contribution in [3.8, 4) is 0 Å². The molecule has 0 spiro atoms. The van der Waals surface area contributed by atoms with Crippen LogP contribution in [0.1, 0.15) is 0 Å². The highest BCUT2D eigenvalue weighted by Crippen LogP contribution is 2.30. The van der Waals surface area contributed by atoms with Gasteiger partial charge in [-0.2, -0.15) is 0 Å². The van der Waals surface area contributed by atoms with Crippen LogP contribution < -0.4 is 10.2 Å². The summed E-state index contributed by atoms with van der Waals surface area (Å²) in [5, 5.41) is 4.50. The van der Waals surface area contributed by atoms with Crippen molar-refractivity contribution in [2.24, 2.45) is 0 Å². The first kappa shape index (κ1) is 8.35. The largest absolute Gasteiger partial charge is 0.361 e. The van der Waals surface area contributed by atoms with Crippen molar-refractivity contribution in [3.05, 3.63) is 16.5 Å². The van der Waals surface area contributed by atoms with Crippen molar-refractivity contribution in [1.29, 1.82) is 0 Å². The van der Waals surface area contributed by atoms with Crippen LogP contribution in [0.2, 0.25) is 4.34 Å². The van der Waals surface area contributed by atoms with Crippen molar-refractivity contribution in [2.75, 3.05) is 25.0 Å². The first-order valence-electron chi connectivity index (χ1n) is 3.96. The van der Waals surface area contributed by atoms with Crippen LogP contribution >= 0.6 is 22.9 Å². The standard InChI is InChI=1S/C8H11ClN2S/c1-11(6-4-10-5-6)8-3-2-7(9)12-8/h2-3,6,10H,4-5H2,1H3. The lowest BCUT2D eigenvalue weighted by Crippen LogP contribution is -2.55. The number of hydrogen-bond donors (Lipinski definition) is 1. The summed E-state index contributed by atoms with van der Waals surface area (Å²) in [5.41, 5.74) is 0. The summed E-state index contributed by atoms with van der Waals surface area (Å²) >= 11 is 7.48. The minimum Gasteiger partial charge on any atom is -0.361 e. The summed E-state index contributed by atoms with van der Waals surface area (Å²) < 4.78 is 0.865. The average molecular weight is 203 g/mol. The molecule has 0 saturated carbocycles. The van der Waals surface area contributed by atoms with E-state index in [1.54, 1.807) is 11.3 Å². The summed E-state index contributed by atoms with van der Waals surface area (Å²) in [6, 6.07) is 4.68. The zero-order valence-electron chi connectivity index (χ0n) is 6.88. The Morgan fingerprint density at radius 1 is 1.58 bits per heavy atom. The smallest absolute Gasteiger partial charge is 0.0950 e. The molecule has 1 aromatic rings. The maximum Gasteiger partial charge on any atom is 0.0950 e. The van der Waals surface area contributed by atoms with Crippen molar-refractivity contribution in [3.63, 3.8) is 0 Å². The van der Waals surface area contributed by atoms with Crippen LogP contribution in [0.4, 0.5) is 5.00 Å². The van der Waals surface area contributed by atoms with Crippen LogP contribution in [0, 0.1) is 0 Å². The normalized spacial score (nSPS) is 17.5. The van der Waals surface area contributed by atoms with Crippen LogP contribution in [-0.2, 0) is 0 Å². The number of likely N-dealkylation sites (N-methyl/N-ethyl adjacent to an activating group) is 1. The fourth-order valence-corrected chi connectivity index (χ4v) is 2.29. The van der Waals surface area contributed by atoms with E-state index in [1.165, 1.54) is 5.00 Å². The van der Waals surface area contributed by atoms with Crippen molar-refractivity contribution < 1.29 is 0 Å². The molecule has 66 valence electrons. The van der Waals surface area contributed by atoms with E-state index >= 15 is 0 Å². The van der Waals surface area contributed by atoms with E-state index < -0.39 is 0 Å². The first-order valence-corrected chi connectivity index (χ1v) is 5.15. The van der Waals surface area contributed by atoms with E-state index in [2.05, 4.69) is 23.3 Å². The molecular formula is C8H11ClN2S. The molecule has 0 radical (unpaired) electrons. The molecule has 12 heavy (non-hydrogen) atoms. The zero-order valence-corrected chi connectivity index (χ0v) is 8.45. The van der Waals surface area contributed by atoms with Gasteiger partial charge in [-0.15, -0.1) is 11.3 Å². The van der Waals surface area contributed by atoms with Crippen LogP contribution in [0.5, 0.6) is 0 Å². The topological polar surface area (TPSA) is 15.3 Å². The Hall–Kier alpha value is -0.250. The van der Waals surface area contributed by atoms with Gasteiger partial charge in [0.2, 0.25) is 0 Å². The summed E-state index contributed by atoms with van der Waals surface area (Å²) in [7, 11) is 2.12. The van der Waals surface area contributed by atoms with Gasteiger partial charge in [0, 0.05) is 20.1 Å². The Labute approximate surface area is 81.1 Å². The fraction of sp³-hybridized carbons (Fsp3) is 0.500. The van der Waals surface area contributed by atoms with Gasteiger partial charge in [0.1, 0.15) is 0 Å². The maximum absolute atomic E-state index is 5.85. The molecule has 2 nitrogen and oxygen atoms in total. The Balaban J connectivity index is 2.08. The minimum atomic E-state index is 0.653. The summed E-state index contributed by atoms with van der Waals surface area (Å²) in [6.45, 7) is 2.18. The van der Waals surface area contributed by atoms with Gasteiger partial charge >= 0.3 is 0 Å². The van der Waals surface area contributed by atoms with Crippen LogP contribution in [0.15, 0.2) is 12.1 Å². The van der Waals surface area contributed by atoms with Crippen LogP contribution in [0.3, 0.4) is 0 Å². The second kappa shape index (κ2) is 3.24. The molecule has 4 heteroatoms.